The number of halogens is 1. The molecule has 0 unspecified atom stereocenters. The smallest absolute Gasteiger partial charge is 0.339 e. The van der Waals surface area contributed by atoms with Crippen molar-refractivity contribution in [1.82, 2.24) is 4.98 Å². The molecule has 1 amide bonds. The summed E-state index contributed by atoms with van der Waals surface area (Å²) < 4.78 is 23.8. The minimum absolute atomic E-state index is 0.264. The number of hydrogen-bond acceptors (Lipinski definition) is 5. The Morgan fingerprint density at radius 2 is 1.69 bits per heavy atom. The van der Waals surface area contributed by atoms with Crippen LogP contribution in [0.15, 0.2) is 78.9 Å². The Labute approximate surface area is 183 Å². The number of aromatic nitrogens is 1. The number of fused-ring (bicyclic) bond motifs is 1. The number of ether oxygens (including phenoxy) is 2. The average molecular weight is 430 g/mol. The van der Waals surface area contributed by atoms with E-state index < -0.39 is 18.5 Å². The van der Waals surface area contributed by atoms with Crippen molar-refractivity contribution in [2.75, 3.05) is 19.0 Å². The van der Waals surface area contributed by atoms with E-state index in [0.29, 0.717) is 33.6 Å². The fraction of sp³-hybridized carbons (Fsp3) is 0.0800. The van der Waals surface area contributed by atoms with Crippen LogP contribution < -0.4 is 10.1 Å². The summed E-state index contributed by atoms with van der Waals surface area (Å²) in [5.41, 5.74) is 2.47. The Balaban J connectivity index is 1.56. The van der Waals surface area contributed by atoms with Gasteiger partial charge in [0.25, 0.3) is 5.91 Å². The predicted molar refractivity (Wildman–Crippen MR) is 119 cm³/mol. The third kappa shape index (κ3) is 4.57. The number of rotatable bonds is 6. The van der Waals surface area contributed by atoms with Gasteiger partial charge >= 0.3 is 5.97 Å². The zero-order chi connectivity index (χ0) is 22.5. The summed E-state index contributed by atoms with van der Waals surface area (Å²) in [4.78, 5) is 29.7. The predicted octanol–water partition coefficient (Wildman–Crippen LogP) is 4.85. The average Bonchev–Trinajstić information content (AvgIpc) is 2.82. The van der Waals surface area contributed by atoms with Crippen molar-refractivity contribution in [3.05, 3.63) is 90.2 Å². The van der Waals surface area contributed by atoms with Crippen LogP contribution in [-0.2, 0) is 9.53 Å². The van der Waals surface area contributed by atoms with Gasteiger partial charge in [0.05, 0.1) is 29.6 Å². The van der Waals surface area contributed by atoms with Crippen molar-refractivity contribution in [2.45, 2.75) is 0 Å². The van der Waals surface area contributed by atoms with E-state index in [1.165, 1.54) is 19.2 Å². The summed E-state index contributed by atoms with van der Waals surface area (Å²) in [7, 11) is 1.50. The largest absolute Gasteiger partial charge is 0.495 e. The molecule has 4 aromatic rings. The van der Waals surface area contributed by atoms with Crippen LogP contribution in [-0.4, -0.2) is 30.6 Å². The zero-order valence-corrected chi connectivity index (χ0v) is 17.2. The van der Waals surface area contributed by atoms with Gasteiger partial charge in [0.1, 0.15) is 11.6 Å². The fourth-order valence-corrected chi connectivity index (χ4v) is 3.26. The summed E-state index contributed by atoms with van der Waals surface area (Å²) in [6.45, 7) is -0.473. The van der Waals surface area contributed by atoms with E-state index in [0.717, 1.165) is 0 Å². The van der Waals surface area contributed by atoms with Gasteiger partial charge in [-0.3, -0.25) is 4.79 Å². The second kappa shape index (κ2) is 9.26. The summed E-state index contributed by atoms with van der Waals surface area (Å²) in [6.07, 6.45) is 0. The van der Waals surface area contributed by atoms with Gasteiger partial charge in [-0.1, -0.05) is 30.3 Å². The monoisotopic (exact) mass is 430 g/mol. The first kappa shape index (κ1) is 21.0. The van der Waals surface area contributed by atoms with E-state index in [4.69, 9.17) is 9.47 Å². The molecular formula is C25H19FN2O4. The molecule has 7 heteroatoms. The fourth-order valence-electron chi connectivity index (χ4n) is 3.26. The molecule has 1 aromatic heterocycles. The van der Waals surface area contributed by atoms with Crippen LogP contribution in [0.2, 0.25) is 0 Å². The maximum Gasteiger partial charge on any atom is 0.339 e. The molecule has 0 spiro atoms. The number of esters is 1. The maximum absolute atomic E-state index is 13.3. The van der Waals surface area contributed by atoms with Crippen molar-refractivity contribution in [2.24, 2.45) is 0 Å². The normalized spacial score (nSPS) is 10.6. The first-order valence-corrected chi connectivity index (χ1v) is 9.81. The number of para-hydroxylation sites is 3. The minimum atomic E-state index is -0.665. The Hall–Kier alpha value is -4.26. The van der Waals surface area contributed by atoms with Gasteiger partial charge in [-0.15, -0.1) is 0 Å². The van der Waals surface area contributed by atoms with E-state index in [-0.39, 0.29) is 11.4 Å². The Kier molecular flexibility index (Phi) is 6.07. The first-order valence-electron chi connectivity index (χ1n) is 9.81. The molecule has 0 radical (unpaired) electrons. The van der Waals surface area contributed by atoms with Crippen molar-refractivity contribution in [3.8, 4) is 17.0 Å². The second-order valence-electron chi connectivity index (χ2n) is 6.90. The number of amides is 1. The molecule has 160 valence electrons. The molecule has 0 fully saturated rings. The van der Waals surface area contributed by atoms with Gasteiger partial charge < -0.3 is 14.8 Å². The van der Waals surface area contributed by atoms with E-state index >= 15 is 0 Å². The van der Waals surface area contributed by atoms with Gasteiger partial charge in [0.15, 0.2) is 6.61 Å². The highest BCUT2D eigenvalue weighted by Gasteiger charge is 2.17. The highest BCUT2D eigenvalue weighted by molar-refractivity contribution is 6.05. The molecule has 1 heterocycles. The van der Waals surface area contributed by atoms with E-state index in [1.54, 1.807) is 66.7 Å². The number of anilines is 1. The summed E-state index contributed by atoms with van der Waals surface area (Å²) in [6, 6.07) is 21.4. The molecule has 32 heavy (non-hydrogen) atoms. The summed E-state index contributed by atoms with van der Waals surface area (Å²) in [5, 5.41) is 3.25. The molecule has 0 saturated carbocycles. The molecule has 0 aliphatic carbocycles. The number of benzene rings is 3. The molecule has 0 atom stereocenters. The van der Waals surface area contributed by atoms with Gasteiger partial charge in [-0.05, 0) is 48.5 Å². The van der Waals surface area contributed by atoms with E-state index in [9.17, 15) is 14.0 Å². The SMILES string of the molecule is COc1ccccc1NC(=O)COC(=O)c1cc(-c2ccc(F)cc2)nc2ccccc12. The topological polar surface area (TPSA) is 77.5 Å². The van der Waals surface area contributed by atoms with Crippen LogP contribution >= 0.6 is 0 Å². The van der Waals surface area contributed by atoms with Crippen LogP contribution in [0.25, 0.3) is 22.2 Å². The molecule has 0 aliphatic heterocycles. The molecule has 0 saturated heterocycles. The van der Waals surface area contributed by atoms with Crippen LogP contribution in [0.3, 0.4) is 0 Å². The lowest BCUT2D eigenvalue weighted by atomic mass is 10.0. The highest BCUT2D eigenvalue weighted by Crippen LogP contribution is 2.26. The lowest BCUT2D eigenvalue weighted by Crippen LogP contribution is -2.21. The minimum Gasteiger partial charge on any atom is -0.495 e. The Bertz CT molecular complexity index is 1290. The number of pyridine rings is 1. The lowest BCUT2D eigenvalue weighted by Gasteiger charge is -2.12. The first-order chi connectivity index (χ1) is 15.5. The van der Waals surface area contributed by atoms with Crippen molar-refractivity contribution in [3.63, 3.8) is 0 Å². The number of carbonyl (C=O) groups excluding carboxylic acids is 2. The van der Waals surface area contributed by atoms with Gasteiger partial charge in [0, 0.05) is 10.9 Å². The van der Waals surface area contributed by atoms with Crippen LogP contribution in [0.4, 0.5) is 10.1 Å². The molecule has 6 nitrogen and oxygen atoms in total. The maximum atomic E-state index is 13.3. The van der Waals surface area contributed by atoms with Crippen LogP contribution in [0, 0.1) is 5.82 Å². The highest BCUT2D eigenvalue weighted by atomic mass is 19.1. The van der Waals surface area contributed by atoms with Crippen molar-refractivity contribution < 1.29 is 23.5 Å². The molecule has 0 bridgehead atoms. The van der Waals surface area contributed by atoms with E-state index in [1.807, 2.05) is 0 Å². The van der Waals surface area contributed by atoms with Crippen LogP contribution in [0.5, 0.6) is 5.75 Å². The summed E-state index contributed by atoms with van der Waals surface area (Å²) in [5.74, 6) is -1.03. The van der Waals surface area contributed by atoms with Gasteiger partial charge in [-0.2, -0.15) is 0 Å². The van der Waals surface area contributed by atoms with Crippen molar-refractivity contribution in [1.29, 1.82) is 0 Å². The number of hydrogen-bond donors (Lipinski definition) is 1. The zero-order valence-electron chi connectivity index (χ0n) is 17.2. The standard InChI is InChI=1S/C25H19FN2O4/c1-31-23-9-5-4-8-21(23)28-24(29)15-32-25(30)19-14-22(16-10-12-17(26)13-11-16)27-20-7-3-2-6-18(19)20/h2-14H,15H2,1H3,(H,28,29). The number of nitrogens with zero attached hydrogens (tertiary/aromatic N) is 1. The van der Waals surface area contributed by atoms with Gasteiger partial charge in [-0.25, -0.2) is 14.2 Å². The second-order valence-corrected chi connectivity index (χ2v) is 6.90. The van der Waals surface area contributed by atoms with E-state index in [2.05, 4.69) is 10.3 Å². The molecule has 1 N–H and O–H groups in total. The van der Waals surface area contributed by atoms with Crippen molar-refractivity contribution >= 4 is 28.5 Å². The van der Waals surface area contributed by atoms with Gasteiger partial charge in [0.2, 0.25) is 0 Å². The third-order valence-electron chi connectivity index (χ3n) is 4.79. The number of nitrogens with one attached hydrogen (secondary N) is 1. The third-order valence-corrected chi connectivity index (χ3v) is 4.79. The Morgan fingerprint density at radius 1 is 0.969 bits per heavy atom. The molecule has 4 rings (SSSR count). The molecule has 3 aromatic carbocycles. The summed E-state index contributed by atoms with van der Waals surface area (Å²) >= 11 is 0. The lowest BCUT2D eigenvalue weighted by molar-refractivity contribution is -0.119. The molecule has 0 aliphatic rings. The number of methoxy groups -OCH3 is 1. The van der Waals surface area contributed by atoms with Crippen LogP contribution in [0.1, 0.15) is 10.4 Å². The quantitative estimate of drug-likeness (QED) is 0.443. The molecular weight excluding hydrogens is 411 g/mol. The Morgan fingerprint density at radius 3 is 2.47 bits per heavy atom. The number of carbonyl (C=O) groups is 2.